The third kappa shape index (κ3) is 17.4. The first kappa shape index (κ1) is 40.6. The summed E-state index contributed by atoms with van der Waals surface area (Å²) in [5, 5.41) is 10.9. The molecule has 49 heavy (non-hydrogen) atoms. The molecule has 0 saturated carbocycles. The van der Waals surface area contributed by atoms with Crippen LogP contribution in [0.5, 0.6) is 5.75 Å². The van der Waals surface area contributed by atoms with Gasteiger partial charge in [-0.15, -0.1) is 0 Å². The van der Waals surface area contributed by atoms with Crippen molar-refractivity contribution < 1.29 is 38.2 Å². The number of alkyl carbamates (subject to hydrolysis) is 1. The van der Waals surface area contributed by atoms with E-state index in [-0.39, 0.29) is 19.4 Å². The van der Waals surface area contributed by atoms with Crippen LogP contribution < -0.4 is 26.0 Å². The van der Waals surface area contributed by atoms with Crippen molar-refractivity contribution in [3.63, 3.8) is 0 Å². The van der Waals surface area contributed by atoms with Crippen molar-refractivity contribution in [3.8, 4) is 5.75 Å². The maximum Gasteiger partial charge on any atom is 0.407 e. The SMILES string of the molecule is CC(=O)N[C@@H](CC(=O)OC(C)(C)C)C(=O)N[C@@H](CCc1ccccc1)C(=O)NCc1cc(OCCCCNC(=O)OC(C)(C)C)ccc1C. The summed E-state index contributed by atoms with van der Waals surface area (Å²) in [5.41, 5.74) is 1.46. The Labute approximate surface area is 290 Å². The van der Waals surface area contributed by atoms with Crippen molar-refractivity contribution in [1.82, 2.24) is 21.3 Å². The molecule has 0 fully saturated rings. The van der Waals surface area contributed by atoms with Crippen molar-refractivity contribution in [2.45, 2.75) is 117 Å². The van der Waals surface area contributed by atoms with Crippen LogP contribution in [0.4, 0.5) is 4.79 Å². The summed E-state index contributed by atoms with van der Waals surface area (Å²) < 4.78 is 16.5. The summed E-state index contributed by atoms with van der Waals surface area (Å²) in [6, 6.07) is 13.0. The van der Waals surface area contributed by atoms with Crippen LogP contribution in [0.2, 0.25) is 0 Å². The Morgan fingerprint density at radius 1 is 0.776 bits per heavy atom. The predicted octanol–water partition coefficient (Wildman–Crippen LogP) is 4.65. The van der Waals surface area contributed by atoms with Crippen LogP contribution in [0.3, 0.4) is 0 Å². The molecule has 0 saturated heterocycles. The molecule has 0 heterocycles. The number of carbonyl (C=O) groups excluding carboxylic acids is 5. The molecule has 12 heteroatoms. The number of hydrogen-bond donors (Lipinski definition) is 4. The second-order valence-electron chi connectivity index (χ2n) is 13.9. The molecule has 12 nitrogen and oxygen atoms in total. The van der Waals surface area contributed by atoms with Crippen molar-refractivity contribution in [2.75, 3.05) is 13.2 Å². The molecule has 0 radical (unpaired) electrons. The third-order valence-electron chi connectivity index (χ3n) is 6.96. The molecule has 0 aromatic heterocycles. The van der Waals surface area contributed by atoms with Gasteiger partial charge in [0.2, 0.25) is 17.7 Å². The quantitative estimate of drug-likeness (QED) is 0.139. The van der Waals surface area contributed by atoms with E-state index in [1.54, 1.807) is 20.8 Å². The summed E-state index contributed by atoms with van der Waals surface area (Å²) in [7, 11) is 0. The van der Waals surface area contributed by atoms with Gasteiger partial charge in [0.1, 0.15) is 29.0 Å². The summed E-state index contributed by atoms with van der Waals surface area (Å²) in [6.07, 6.45) is 1.38. The Morgan fingerprint density at radius 2 is 1.45 bits per heavy atom. The molecule has 2 aromatic carbocycles. The molecule has 0 aliphatic rings. The molecule has 0 aliphatic heterocycles. The van der Waals surface area contributed by atoms with Crippen LogP contribution >= 0.6 is 0 Å². The van der Waals surface area contributed by atoms with Gasteiger partial charge in [-0.1, -0.05) is 36.4 Å². The van der Waals surface area contributed by atoms with Crippen LogP contribution in [-0.4, -0.2) is 66.2 Å². The molecule has 4 amide bonds. The van der Waals surface area contributed by atoms with Gasteiger partial charge in [0.25, 0.3) is 0 Å². The fraction of sp³-hybridized carbons (Fsp3) is 0.541. The van der Waals surface area contributed by atoms with Gasteiger partial charge < -0.3 is 35.5 Å². The number of carbonyl (C=O) groups is 5. The van der Waals surface area contributed by atoms with Crippen molar-refractivity contribution in [1.29, 1.82) is 0 Å². The van der Waals surface area contributed by atoms with Crippen molar-refractivity contribution in [2.24, 2.45) is 0 Å². The molecule has 0 aliphatic carbocycles. The number of ether oxygens (including phenoxy) is 3. The number of nitrogens with one attached hydrogen (secondary N) is 4. The molecule has 0 unspecified atom stereocenters. The van der Waals surface area contributed by atoms with Gasteiger partial charge >= 0.3 is 12.1 Å². The summed E-state index contributed by atoms with van der Waals surface area (Å²) in [6.45, 7) is 14.8. The van der Waals surface area contributed by atoms with Crippen LogP contribution in [-0.2, 0) is 41.6 Å². The number of benzene rings is 2. The average Bonchev–Trinajstić information content (AvgIpc) is 2.98. The van der Waals surface area contributed by atoms with Gasteiger partial charge in [-0.05, 0) is 103 Å². The predicted molar refractivity (Wildman–Crippen MR) is 187 cm³/mol. The Balaban J connectivity index is 2.04. The zero-order chi connectivity index (χ0) is 36.6. The fourth-order valence-electron chi connectivity index (χ4n) is 4.66. The van der Waals surface area contributed by atoms with E-state index in [0.717, 1.165) is 16.7 Å². The van der Waals surface area contributed by atoms with Crippen molar-refractivity contribution in [3.05, 3.63) is 65.2 Å². The summed E-state index contributed by atoms with van der Waals surface area (Å²) in [5.74, 6) is -1.58. The molecule has 2 atom stereocenters. The lowest BCUT2D eigenvalue weighted by Gasteiger charge is -2.24. The maximum atomic E-state index is 13.5. The molecule has 2 aromatic rings. The number of rotatable bonds is 17. The second-order valence-corrected chi connectivity index (χ2v) is 13.9. The molecule has 4 N–H and O–H groups in total. The van der Waals surface area contributed by atoms with E-state index in [9.17, 15) is 24.0 Å². The maximum absolute atomic E-state index is 13.5. The van der Waals surface area contributed by atoms with E-state index in [1.165, 1.54) is 6.92 Å². The number of hydrogen-bond acceptors (Lipinski definition) is 8. The monoisotopic (exact) mass is 682 g/mol. The number of amides is 4. The molecular formula is C37H54N4O8. The van der Waals surface area contributed by atoms with Gasteiger partial charge in [0, 0.05) is 20.0 Å². The van der Waals surface area contributed by atoms with Gasteiger partial charge in [-0.2, -0.15) is 0 Å². The first-order valence-electron chi connectivity index (χ1n) is 16.7. The minimum atomic E-state index is -1.22. The van der Waals surface area contributed by atoms with E-state index in [4.69, 9.17) is 14.2 Å². The number of esters is 1. The van der Waals surface area contributed by atoms with E-state index in [1.807, 2.05) is 76.2 Å². The highest BCUT2D eigenvalue weighted by Gasteiger charge is 2.30. The highest BCUT2D eigenvalue weighted by atomic mass is 16.6. The van der Waals surface area contributed by atoms with Crippen LogP contribution in [0.1, 0.15) is 90.8 Å². The Bertz CT molecular complexity index is 1400. The summed E-state index contributed by atoms with van der Waals surface area (Å²) in [4.78, 5) is 63.1. The van der Waals surface area contributed by atoms with Gasteiger partial charge in [-0.3, -0.25) is 19.2 Å². The largest absolute Gasteiger partial charge is 0.494 e. The minimum Gasteiger partial charge on any atom is -0.494 e. The smallest absolute Gasteiger partial charge is 0.407 e. The van der Waals surface area contributed by atoms with Gasteiger partial charge in [0.05, 0.1) is 13.0 Å². The van der Waals surface area contributed by atoms with Gasteiger partial charge in [-0.25, -0.2) is 4.79 Å². The van der Waals surface area contributed by atoms with E-state index < -0.39 is 53.1 Å². The molecule has 270 valence electrons. The van der Waals surface area contributed by atoms with E-state index >= 15 is 0 Å². The lowest BCUT2D eigenvalue weighted by atomic mass is 10.0. The average molecular weight is 683 g/mol. The van der Waals surface area contributed by atoms with Gasteiger partial charge in [0.15, 0.2) is 0 Å². The van der Waals surface area contributed by atoms with Crippen LogP contribution in [0.15, 0.2) is 48.5 Å². The van der Waals surface area contributed by atoms with Crippen LogP contribution in [0, 0.1) is 6.92 Å². The Kier molecular flexibility index (Phi) is 16.1. The zero-order valence-electron chi connectivity index (χ0n) is 30.2. The van der Waals surface area contributed by atoms with Crippen LogP contribution in [0.25, 0.3) is 0 Å². The first-order chi connectivity index (χ1) is 22.9. The van der Waals surface area contributed by atoms with E-state index in [2.05, 4.69) is 21.3 Å². The lowest BCUT2D eigenvalue weighted by molar-refractivity contribution is -0.156. The normalized spacial score (nSPS) is 12.6. The Morgan fingerprint density at radius 3 is 2.08 bits per heavy atom. The van der Waals surface area contributed by atoms with Crippen molar-refractivity contribution >= 4 is 29.8 Å². The summed E-state index contributed by atoms with van der Waals surface area (Å²) >= 11 is 0. The lowest BCUT2D eigenvalue weighted by Crippen LogP contribution is -2.54. The first-order valence-corrected chi connectivity index (χ1v) is 16.7. The van der Waals surface area contributed by atoms with E-state index in [0.29, 0.717) is 38.2 Å². The molecule has 0 bridgehead atoms. The molecular weight excluding hydrogens is 628 g/mol. The Hall–Kier alpha value is -4.61. The highest BCUT2D eigenvalue weighted by molar-refractivity contribution is 5.94. The number of unbranched alkanes of at least 4 members (excludes halogenated alkanes) is 1. The minimum absolute atomic E-state index is 0.187. The number of aryl methyl sites for hydroxylation is 2. The topological polar surface area (TPSA) is 161 Å². The third-order valence-corrected chi connectivity index (χ3v) is 6.96. The zero-order valence-corrected chi connectivity index (χ0v) is 30.2. The standard InChI is InChI=1S/C37H54N4O8/c1-25-16-18-29(47-21-13-12-20-38-35(46)49-37(6,7)8)22-28(25)24-39-33(44)30(19-17-27-14-10-9-11-15-27)41-34(45)31(40-26(2)42)23-32(43)48-36(3,4)5/h9-11,14-16,18,22,30-31H,12-13,17,19-21,23-24H2,1-8H3,(H,38,46)(H,39,44)(H,40,42)(H,41,45)/t30-,31-/m0/s1. The highest BCUT2D eigenvalue weighted by Crippen LogP contribution is 2.18. The second kappa shape index (κ2) is 19.4. The fourth-order valence-corrected chi connectivity index (χ4v) is 4.66. The molecule has 0 spiro atoms. The molecule has 2 rings (SSSR count).